The molecular formula is C24H21N3O6. The number of nitrogens with zero attached hydrogens (tertiary/aromatic N) is 3. The van der Waals surface area contributed by atoms with Crippen molar-refractivity contribution in [3.63, 3.8) is 0 Å². The number of amides is 3. The van der Waals surface area contributed by atoms with Crippen LogP contribution in [-0.2, 0) is 9.59 Å². The van der Waals surface area contributed by atoms with Crippen LogP contribution in [0.1, 0.15) is 40.5 Å². The summed E-state index contributed by atoms with van der Waals surface area (Å²) in [6, 6.07) is 13.2. The van der Waals surface area contributed by atoms with E-state index in [4.69, 9.17) is 0 Å². The van der Waals surface area contributed by atoms with Crippen LogP contribution in [0.4, 0.5) is 5.69 Å². The van der Waals surface area contributed by atoms with Crippen LogP contribution in [0.2, 0.25) is 0 Å². The van der Waals surface area contributed by atoms with E-state index in [1.54, 1.807) is 30.3 Å². The Kier molecular flexibility index (Phi) is 5.87. The zero-order valence-electron chi connectivity index (χ0n) is 17.8. The van der Waals surface area contributed by atoms with E-state index >= 15 is 0 Å². The van der Waals surface area contributed by atoms with Gasteiger partial charge in [-0.25, -0.2) is 5.01 Å². The summed E-state index contributed by atoms with van der Waals surface area (Å²) in [7, 11) is 0. The van der Waals surface area contributed by atoms with Gasteiger partial charge in [0.2, 0.25) is 0 Å². The van der Waals surface area contributed by atoms with Crippen molar-refractivity contribution in [2.24, 2.45) is 11.8 Å². The molecule has 0 bridgehead atoms. The number of Topliss-reactive ketones (excluding diaryl/α,β-unsaturated/α-hetero) is 1. The molecule has 0 saturated carbocycles. The molecule has 33 heavy (non-hydrogen) atoms. The Morgan fingerprint density at radius 2 is 1.70 bits per heavy atom. The Hall–Kier alpha value is -4.14. The predicted octanol–water partition coefficient (Wildman–Crippen LogP) is 3.18. The molecule has 0 unspecified atom stereocenters. The molecule has 1 saturated heterocycles. The van der Waals surface area contributed by atoms with Crippen LogP contribution < -0.4 is 0 Å². The van der Waals surface area contributed by atoms with E-state index in [0.717, 1.165) is 21.7 Å². The number of fused-ring (bicyclic) bond motifs is 1. The lowest BCUT2D eigenvalue weighted by molar-refractivity contribution is -0.384. The summed E-state index contributed by atoms with van der Waals surface area (Å²) >= 11 is 0. The third-order valence-corrected chi connectivity index (χ3v) is 5.97. The van der Waals surface area contributed by atoms with Gasteiger partial charge in [0, 0.05) is 23.3 Å². The summed E-state index contributed by atoms with van der Waals surface area (Å²) in [6.07, 6.45) is 2.68. The molecule has 0 spiro atoms. The minimum atomic E-state index is -0.840. The lowest BCUT2D eigenvalue weighted by atomic mass is 9.82. The molecule has 9 nitrogen and oxygen atoms in total. The number of allylic oxidation sites excluding steroid dienone is 2. The number of benzene rings is 2. The summed E-state index contributed by atoms with van der Waals surface area (Å²) < 4.78 is 0. The van der Waals surface area contributed by atoms with Gasteiger partial charge in [-0.05, 0) is 25.8 Å². The zero-order chi connectivity index (χ0) is 23.7. The van der Waals surface area contributed by atoms with E-state index in [1.165, 1.54) is 18.2 Å². The number of rotatable bonds is 6. The Morgan fingerprint density at radius 3 is 2.39 bits per heavy atom. The van der Waals surface area contributed by atoms with Gasteiger partial charge >= 0.3 is 0 Å². The molecule has 2 aliphatic rings. The molecule has 0 N–H and O–H groups in total. The number of carbonyl (C=O) groups excluding carboxylic acids is 4. The fraction of sp³-hybridized carbons (Fsp3) is 0.250. The number of imide groups is 1. The maximum absolute atomic E-state index is 13.4. The van der Waals surface area contributed by atoms with Crippen LogP contribution in [0, 0.1) is 22.0 Å². The van der Waals surface area contributed by atoms with Crippen molar-refractivity contribution in [3.05, 3.63) is 87.5 Å². The highest BCUT2D eigenvalue weighted by Crippen LogP contribution is 2.38. The highest BCUT2D eigenvalue weighted by molar-refractivity contribution is 6.09. The number of hydrazine groups is 1. The Balaban J connectivity index is 1.72. The van der Waals surface area contributed by atoms with Gasteiger partial charge in [0.1, 0.15) is 6.54 Å². The standard InChI is InChI=1S/C24H21N3O6/c1-15-10-11-19-20(12-15)24(31)26(23(19)30)25(14-21(28)16-6-3-2-4-7-16)22(29)17-8-5-9-18(13-17)27(32)33/h2-10,13,19-20H,11-12,14H2,1H3/t19-,20-/m1/s1. The molecule has 1 heterocycles. The number of non-ortho nitro benzene ring substituents is 1. The number of hydrogen-bond acceptors (Lipinski definition) is 6. The molecule has 2 aromatic rings. The van der Waals surface area contributed by atoms with E-state index in [2.05, 4.69) is 0 Å². The summed E-state index contributed by atoms with van der Waals surface area (Å²) in [5.41, 5.74) is 0.872. The van der Waals surface area contributed by atoms with Crippen LogP contribution in [-0.4, -0.2) is 45.0 Å². The Morgan fingerprint density at radius 1 is 1.03 bits per heavy atom. The maximum Gasteiger partial charge on any atom is 0.273 e. The lowest BCUT2D eigenvalue weighted by Gasteiger charge is -2.30. The topological polar surface area (TPSA) is 118 Å². The van der Waals surface area contributed by atoms with Crippen LogP contribution in [0.15, 0.2) is 66.2 Å². The van der Waals surface area contributed by atoms with E-state index in [9.17, 15) is 29.3 Å². The van der Waals surface area contributed by atoms with E-state index in [-0.39, 0.29) is 11.3 Å². The first-order chi connectivity index (χ1) is 15.8. The molecular weight excluding hydrogens is 426 g/mol. The van der Waals surface area contributed by atoms with Crippen molar-refractivity contribution in [1.82, 2.24) is 10.0 Å². The molecule has 3 amide bonds. The van der Waals surface area contributed by atoms with Gasteiger partial charge in [0.15, 0.2) is 5.78 Å². The Bertz CT molecular complexity index is 1190. The largest absolute Gasteiger partial charge is 0.292 e. The van der Waals surface area contributed by atoms with Crippen molar-refractivity contribution < 1.29 is 24.1 Å². The fourth-order valence-electron chi connectivity index (χ4n) is 4.24. The SMILES string of the molecule is CC1=CC[C@H]2C(=O)N(N(CC(=O)c3ccccc3)C(=O)c3cccc([N+](=O)[O-])c3)C(=O)[C@@H]2C1. The van der Waals surface area contributed by atoms with Gasteiger partial charge in [-0.15, -0.1) is 0 Å². The number of ketones is 1. The van der Waals surface area contributed by atoms with Crippen LogP contribution in [0.5, 0.6) is 0 Å². The smallest absolute Gasteiger partial charge is 0.273 e. The first-order valence-electron chi connectivity index (χ1n) is 10.5. The van der Waals surface area contributed by atoms with Crippen molar-refractivity contribution >= 4 is 29.2 Å². The minimum absolute atomic E-state index is 0.102. The average Bonchev–Trinajstić information content (AvgIpc) is 3.06. The second kappa shape index (κ2) is 8.78. The molecule has 1 aliphatic carbocycles. The summed E-state index contributed by atoms with van der Waals surface area (Å²) in [6.45, 7) is 1.32. The number of hydrogen-bond donors (Lipinski definition) is 0. The third-order valence-electron chi connectivity index (χ3n) is 5.97. The van der Waals surface area contributed by atoms with Crippen LogP contribution in [0.3, 0.4) is 0 Å². The van der Waals surface area contributed by atoms with Gasteiger partial charge < -0.3 is 0 Å². The number of nitro groups is 1. The highest BCUT2D eigenvalue weighted by Gasteiger charge is 2.51. The van der Waals surface area contributed by atoms with Crippen molar-refractivity contribution in [2.75, 3.05) is 6.54 Å². The molecule has 168 valence electrons. The molecule has 4 rings (SSSR count). The quantitative estimate of drug-likeness (QED) is 0.221. The maximum atomic E-state index is 13.4. The van der Waals surface area contributed by atoms with Crippen LogP contribution >= 0.6 is 0 Å². The second-order valence-corrected chi connectivity index (χ2v) is 8.15. The van der Waals surface area contributed by atoms with E-state index < -0.39 is 46.8 Å². The molecule has 1 fully saturated rings. The second-order valence-electron chi connectivity index (χ2n) is 8.15. The molecule has 2 atom stereocenters. The van der Waals surface area contributed by atoms with Gasteiger partial charge in [0.25, 0.3) is 23.4 Å². The summed E-state index contributed by atoms with van der Waals surface area (Å²) in [5.74, 6) is -3.61. The van der Waals surface area contributed by atoms with Gasteiger partial charge in [-0.1, -0.05) is 48.0 Å². The molecule has 1 aliphatic heterocycles. The average molecular weight is 447 g/mol. The fourth-order valence-corrected chi connectivity index (χ4v) is 4.24. The van der Waals surface area contributed by atoms with Gasteiger partial charge in [-0.3, -0.25) is 29.3 Å². The van der Waals surface area contributed by atoms with E-state index in [1.807, 2.05) is 13.0 Å². The Labute approximate surface area is 189 Å². The minimum Gasteiger partial charge on any atom is -0.292 e. The monoisotopic (exact) mass is 447 g/mol. The summed E-state index contributed by atoms with van der Waals surface area (Å²) in [5, 5.41) is 12.8. The van der Waals surface area contributed by atoms with Crippen molar-refractivity contribution in [2.45, 2.75) is 19.8 Å². The van der Waals surface area contributed by atoms with Crippen LogP contribution in [0.25, 0.3) is 0 Å². The molecule has 9 heteroatoms. The van der Waals surface area contributed by atoms with Crippen molar-refractivity contribution in [3.8, 4) is 0 Å². The van der Waals surface area contributed by atoms with E-state index in [0.29, 0.717) is 18.4 Å². The van der Waals surface area contributed by atoms with Gasteiger partial charge in [-0.2, -0.15) is 5.01 Å². The third kappa shape index (κ3) is 4.17. The van der Waals surface area contributed by atoms with Crippen molar-refractivity contribution in [1.29, 1.82) is 0 Å². The molecule has 2 aromatic carbocycles. The molecule has 0 radical (unpaired) electrons. The first-order valence-corrected chi connectivity index (χ1v) is 10.5. The predicted molar refractivity (Wildman–Crippen MR) is 117 cm³/mol. The number of carbonyl (C=O) groups is 4. The molecule has 0 aromatic heterocycles. The normalized spacial score (nSPS) is 19.7. The first kappa shape index (κ1) is 22.1. The van der Waals surface area contributed by atoms with Gasteiger partial charge in [0.05, 0.1) is 16.8 Å². The highest BCUT2D eigenvalue weighted by atomic mass is 16.6. The summed E-state index contributed by atoms with van der Waals surface area (Å²) in [4.78, 5) is 63.3. The number of nitro benzene ring substituents is 1. The lowest BCUT2D eigenvalue weighted by Crippen LogP contribution is -2.52. The zero-order valence-corrected chi connectivity index (χ0v) is 17.8.